The second-order valence-electron chi connectivity index (χ2n) is 3.13. The molecule has 1 saturated heterocycles. The largest absolute Gasteiger partial charge is 0.384 e. The topological polar surface area (TPSA) is 49.8 Å². The van der Waals surface area contributed by atoms with Gasteiger partial charge in [-0.05, 0) is 13.8 Å². The Bertz CT molecular complexity index is 170. The summed E-state index contributed by atoms with van der Waals surface area (Å²) in [5.74, 6) is -0.203. The normalized spacial score (nSPS) is 26.9. The van der Waals surface area contributed by atoms with Crippen molar-refractivity contribution in [2.24, 2.45) is 0 Å². The number of amides is 1. The van der Waals surface area contributed by atoms with Gasteiger partial charge in [-0.15, -0.1) is 0 Å². The van der Waals surface area contributed by atoms with Crippen molar-refractivity contribution in [1.82, 2.24) is 4.90 Å². The van der Waals surface area contributed by atoms with Crippen LogP contribution in [0.5, 0.6) is 0 Å². The van der Waals surface area contributed by atoms with Crippen molar-refractivity contribution in [3.05, 3.63) is 0 Å². The summed E-state index contributed by atoms with van der Waals surface area (Å²) < 4.78 is 5.17. The van der Waals surface area contributed by atoms with Gasteiger partial charge in [0.2, 0.25) is 0 Å². The Kier molecular flexibility index (Phi) is 3.05. The molecule has 1 fully saturated rings. The molecule has 4 heteroatoms. The van der Waals surface area contributed by atoms with Gasteiger partial charge < -0.3 is 14.7 Å². The van der Waals surface area contributed by atoms with Crippen LogP contribution in [0.4, 0.5) is 0 Å². The molecule has 0 aromatic heterocycles. The average molecular weight is 173 g/mol. The summed E-state index contributed by atoms with van der Waals surface area (Å²) in [6.07, 6.45) is -0.898. The molecule has 1 aliphatic heterocycles. The van der Waals surface area contributed by atoms with E-state index in [0.717, 1.165) is 0 Å². The summed E-state index contributed by atoms with van der Waals surface area (Å²) in [5.41, 5.74) is 0. The van der Waals surface area contributed by atoms with E-state index in [9.17, 15) is 4.79 Å². The standard InChI is InChI=1S/C8H15NO3/c1-6-5-12-4-3-9(6)8(11)7(2)10/h6-7,10H,3-5H2,1-2H3/t6-,7?/m1/s1. The van der Waals surface area contributed by atoms with E-state index < -0.39 is 6.10 Å². The van der Waals surface area contributed by atoms with Crippen molar-refractivity contribution in [2.45, 2.75) is 26.0 Å². The van der Waals surface area contributed by atoms with E-state index in [1.807, 2.05) is 6.92 Å². The van der Waals surface area contributed by atoms with E-state index in [-0.39, 0.29) is 11.9 Å². The first-order valence-electron chi connectivity index (χ1n) is 4.19. The Morgan fingerprint density at radius 3 is 2.92 bits per heavy atom. The first-order valence-corrected chi connectivity index (χ1v) is 4.19. The van der Waals surface area contributed by atoms with Crippen molar-refractivity contribution in [2.75, 3.05) is 19.8 Å². The van der Waals surface area contributed by atoms with E-state index in [0.29, 0.717) is 19.8 Å². The highest BCUT2D eigenvalue weighted by molar-refractivity contribution is 5.80. The Hall–Kier alpha value is -0.610. The summed E-state index contributed by atoms with van der Waals surface area (Å²) in [6.45, 7) is 5.14. The maximum Gasteiger partial charge on any atom is 0.251 e. The quantitative estimate of drug-likeness (QED) is 0.587. The molecule has 1 amide bonds. The maximum atomic E-state index is 11.3. The van der Waals surface area contributed by atoms with Crippen molar-refractivity contribution in [3.63, 3.8) is 0 Å². The van der Waals surface area contributed by atoms with Gasteiger partial charge in [-0.2, -0.15) is 0 Å². The van der Waals surface area contributed by atoms with Gasteiger partial charge in [0.15, 0.2) is 0 Å². The fraction of sp³-hybridized carbons (Fsp3) is 0.875. The third-order valence-electron chi connectivity index (χ3n) is 2.01. The number of aliphatic hydroxyl groups is 1. The van der Waals surface area contributed by atoms with Crippen LogP contribution in [0, 0.1) is 0 Å². The monoisotopic (exact) mass is 173 g/mol. The van der Waals surface area contributed by atoms with Crippen LogP contribution in [0.1, 0.15) is 13.8 Å². The molecule has 1 unspecified atom stereocenters. The number of carbonyl (C=O) groups excluding carboxylic acids is 1. The van der Waals surface area contributed by atoms with Gasteiger partial charge in [-0.3, -0.25) is 4.79 Å². The molecule has 12 heavy (non-hydrogen) atoms. The van der Waals surface area contributed by atoms with Crippen LogP contribution in [0.2, 0.25) is 0 Å². The first kappa shape index (κ1) is 9.48. The highest BCUT2D eigenvalue weighted by Gasteiger charge is 2.25. The van der Waals surface area contributed by atoms with E-state index >= 15 is 0 Å². The summed E-state index contributed by atoms with van der Waals surface area (Å²) in [4.78, 5) is 13.0. The Balaban J connectivity index is 2.53. The van der Waals surface area contributed by atoms with Crippen LogP contribution < -0.4 is 0 Å². The lowest BCUT2D eigenvalue weighted by molar-refractivity contribution is -0.147. The minimum absolute atomic E-state index is 0.0841. The Labute approximate surface area is 72.1 Å². The molecule has 0 bridgehead atoms. The highest BCUT2D eigenvalue weighted by atomic mass is 16.5. The van der Waals surface area contributed by atoms with Gasteiger partial charge in [0, 0.05) is 6.54 Å². The molecule has 0 aliphatic carbocycles. The maximum absolute atomic E-state index is 11.3. The molecule has 1 N–H and O–H groups in total. The lowest BCUT2D eigenvalue weighted by Crippen LogP contribution is -2.50. The summed E-state index contributed by atoms with van der Waals surface area (Å²) in [5, 5.41) is 9.06. The summed E-state index contributed by atoms with van der Waals surface area (Å²) in [6, 6.07) is 0.0841. The van der Waals surface area contributed by atoms with Crippen LogP contribution in [0.15, 0.2) is 0 Å². The fourth-order valence-corrected chi connectivity index (χ4v) is 1.29. The van der Waals surface area contributed by atoms with Crippen molar-refractivity contribution in [3.8, 4) is 0 Å². The van der Waals surface area contributed by atoms with Crippen molar-refractivity contribution >= 4 is 5.91 Å². The van der Waals surface area contributed by atoms with Crippen LogP contribution in [-0.2, 0) is 9.53 Å². The smallest absolute Gasteiger partial charge is 0.251 e. The molecule has 0 spiro atoms. The lowest BCUT2D eigenvalue weighted by Gasteiger charge is -2.34. The average Bonchev–Trinajstić information content (AvgIpc) is 2.04. The fourth-order valence-electron chi connectivity index (χ4n) is 1.29. The van der Waals surface area contributed by atoms with Crippen LogP contribution >= 0.6 is 0 Å². The molecule has 0 aromatic carbocycles. The zero-order chi connectivity index (χ0) is 9.14. The van der Waals surface area contributed by atoms with E-state index in [1.54, 1.807) is 4.90 Å². The molecule has 0 aromatic rings. The molecular formula is C8H15NO3. The molecule has 2 atom stereocenters. The number of hydrogen-bond donors (Lipinski definition) is 1. The van der Waals surface area contributed by atoms with Gasteiger partial charge in [0.05, 0.1) is 19.3 Å². The van der Waals surface area contributed by atoms with Gasteiger partial charge in [-0.25, -0.2) is 0 Å². The third-order valence-corrected chi connectivity index (χ3v) is 2.01. The zero-order valence-corrected chi connectivity index (χ0v) is 7.49. The number of rotatable bonds is 1. The molecule has 0 radical (unpaired) electrons. The lowest BCUT2D eigenvalue weighted by atomic mass is 10.2. The summed E-state index contributed by atoms with van der Waals surface area (Å²) in [7, 11) is 0. The predicted octanol–water partition coefficient (Wildman–Crippen LogP) is -0.386. The molecule has 0 saturated carbocycles. The number of carbonyl (C=O) groups is 1. The highest BCUT2D eigenvalue weighted by Crippen LogP contribution is 2.07. The predicted molar refractivity (Wildman–Crippen MR) is 43.7 cm³/mol. The van der Waals surface area contributed by atoms with Crippen molar-refractivity contribution in [1.29, 1.82) is 0 Å². The number of aliphatic hydroxyl groups excluding tert-OH is 1. The van der Waals surface area contributed by atoms with Crippen LogP contribution in [0.3, 0.4) is 0 Å². The second-order valence-corrected chi connectivity index (χ2v) is 3.13. The van der Waals surface area contributed by atoms with Gasteiger partial charge in [-0.1, -0.05) is 0 Å². The van der Waals surface area contributed by atoms with Gasteiger partial charge in [0.1, 0.15) is 6.10 Å². The molecule has 1 rings (SSSR count). The van der Waals surface area contributed by atoms with Crippen LogP contribution in [0.25, 0.3) is 0 Å². The third kappa shape index (κ3) is 1.95. The number of nitrogens with zero attached hydrogens (tertiary/aromatic N) is 1. The molecule has 4 nitrogen and oxygen atoms in total. The molecule has 1 heterocycles. The van der Waals surface area contributed by atoms with E-state index in [2.05, 4.69) is 0 Å². The summed E-state index contributed by atoms with van der Waals surface area (Å²) >= 11 is 0. The van der Waals surface area contributed by atoms with E-state index in [4.69, 9.17) is 9.84 Å². The van der Waals surface area contributed by atoms with Gasteiger partial charge in [0.25, 0.3) is 5.91 Å². The second kappa shape index (κ2) is 3.87. The SMILES string of the molecule is CC(O)C(=O)N1CCOC[C@H]1C. The Morgan fingerprint density at radius 2 is 2.42 bits per heavy atom. The minimum Gasteiger partial charge on any atom is -0.384 e. The first-order chi connectivity index (χ1) is 5.63. The minimum atomic E-state index is -0.898. The van der Waals surface area contributed by atoms with Crippen LogP contribution in [-0.4, -0.2) is 47.8 Å². The zero-order valence-electron chi connectivity index (χ0n) is 7.49. The van der Waals surface area contributed by atoms with E-state index in [1.165, 1.54) is 6.92 Å². The number of ether oxygens (including phenoxy) is 1. The number of morpholine rings is 1. The Morgan fingerprint density at radius 1 is 1.75 bits per heavy atom. The van der Waals surface area contributed by atoms with Crippen molar-refractivity contribution < 1.29 is 14.6 Å². The number of hydrogen-bond acceptors (Lipinski definition) is 3. The molecule has 70 valence electrons. The molecule has 1 aliphatic rings. The molecular weight excluding hydrogens is 158 g/mol. The van der Waals surface area contributed by atoms with Gasteiger partial charge >= 0.3 is 0 Å².